The molecule has 164 valence electrons. The van der Waals surface area contributed by atoms with Crippen LogP contribution in [0.25, 0.3) is 11.0 Å². The molecule has 3 rings (SSSR count). The maximum atomic E-state index is 14.1. The van der Waals surface area contributed by atoms with Gasteiger partial charge in [0, 0.05) is 37.3 Å². The average molecular weight is 427 g/mol. The maximum absolute atomic E-state index is 14.1. The summed E-state index contributed by atoms with van der Waals surface area (Å²) in [7, 11) is 0. The Kier molecular flexibility index (Phi) is 7.28. The van der Waals surface area contributed by atoms with Crippen LogP contribution in [0.2, 0.25) is 0 Å². The molecule has 2 aromatic carbocycles. The first-order valence-corrected chi connectivity index (χ1v) is 10.1. The molecule has 1 aromatic heterocycles. The van der Waals surface area contributed by atoms with Gasteiger partial charge in [0.05, 0.1) is 6.61 Å². The van der Waals surface area contributed by atoms with Crippen molar-refractivity contribution in [2.75, 3.05) is 13.2 Å². The minimum atomic E-state index is -0.362. The van der Waals surface area contributed by atoms with Gasteiger partial charge in [0.25, 0.3) is 6.47 Å². The Labute approximate surface area is 180 Å². The molecule has 6 nitrogen and oxygen atoms in total. The number of halogens is 1. The molecule has 0 radical (unpaired) electrons. The van der Waals surface area contributed by atoms with E-state index in [-0.39, 0.29) is 18.3 Å². The van der Waals surface area contributed by atoms with Gasteiger partial charge >= 0.3 is 0 Å². The van der Waals surface area contributed by atoms with E-state index in [2.05, 4.69) is 5.32 Å². The summed E-state index contributed by atoms with van der Waals surface area (Å²) in [6.45, 7) is 6.79. The second kappa shape index (κ2) is 10.1. The number of furan rings is 1. The predicted molar refractivity (Wildman–Crippen MR) is 115 cm³/mol. The van der Waals surface area contributed by atoms with Crippen molar-refractivity contribution in [1.29, 1.82) is 0 Å². The molecule has 0 unspecified atom stereocenters. The zero-order valence-electron chi connectivity index (χ0n) is 17.9. The number of rotatable bonds is 10. The van der Waals surface area contributed by atoms with Gasteiger partial charge in [-0.15, -0.1) is 0 Å². The number of fused-ring (bicyclic) bond motifs is 1. The average Bonchev–Trinajstić information content (AvgIpc) is 3.12. The predicted octanol–water partition coefficient (Wildman–Crippen LogP) is 4.16. The van der Waals surface area contributed by atoms with Crippen LogP contribution in [0.15, 0.2) is 34.7 Å². The fraction of sp³-hybridized carbons (Fsp3) is 0.333. The number of hydrogen-bond donors (Lipinski definition) is 1. The molecule has 0 aliphatic heterocycles. The Morgan fingerprint density at radius 3 is 2.68 bits per heavy atom. The van der Waals surface area contributed by atoms with E-state index in [9.17, 15) is 14.0 Å². The smallest absolute Gasteiger partial charge is 0.293 e. The normalized spacial score (nSPS) is 10.8. The highest BCUT2D eigenvalue weighted by molar-refractivity contribution is 5.81. The third-order valence-corrected chi connectivity index (χ3v) is 5.24. The van der Waals surface area contributed by atoms with Crippen LogP contribution in [0.5, 0.6) is 5.75 Å². The second-order valence-corrected chi connectivity index (χ2v) is 7.41. The van der Waals surface area contributed by atoms with Gasteiger partial charge in [-0.25, -0.2) is 4.39 Å². The van der Waals surface area contributed by atoms with Gasteiger partial charge < -0.3 is 19.2 Å². The number of ether oxygens (including phenoxy) is 2. The van der Waals surface area contributed by atoms with Crippen molar-refractivity contribution in [1.82, 2.24) is 5.32 Å². The summed E-state index contributed by atoms with van der Waals surface area (Å²) in [5.41, 5.74) is 4.31. The van der Waals surface area contributed by atoms with E-state index >= 15 is 0 Å². The van der Waals surface area contributed by atoms with E-state index in [1.165, 1.54) is 19.1 Å². The van der Waals surface area contributed by atoms with E-state index in [4.69, 9.17) is 13.9 Å². The molecule has 1 N–H and O–H groups in total. The van der Waals surface area contributed by atoms with Gasteiger partial charge in [-0.05, 0) is 54.8 Å². The van der Waals surface area contributed by atoms with Crippen LogP contribution >= 0.6 is 0 Å². The van der Waals surface area contributed by atoms with Gasteiger partial charge in [-0.1, -0.05) is 6.07 Å². The third-order valence-electron chi connectivity index (χ3n) is 5.24. The molecular weight excluding hydrogens is 401 g/mol. The highest BCUT2D eigenvalue weighted by Gasteiger charge is 2.13. The molecule has 0 bridgehead atoms. The largest absolute Gasteiger partial charge is 0.488 e. The first-order chi connectivity index (χ1) is 14.9. The van der Waals surface area contributed by atoms with Crippen molar-refractivity contribution in [3.8, 4) is 5.75 Å². The van der Waals surface area contributed by atoms with Gasteiger partial charge in [0.2, 0.25) is 5.91 Å². The standard InChI is InChI=1S/C24H26FNO5/c1-15-16(2)23(5-4-18(15)7-9-29-14-27)30-13-20-11-21(25)10-19-12-22(31-24(19)20)6-8-26-17(3)28/h4-5,10-12,14H,6-9,13H2,1-3H3,(H,26,28). The van der Waals surface area contributed by atoms with Crippen LogP contribution in [0.1, 0.15) is 34.9 Å². The maximum Gasteiger partial charge on any atom is 0.293 e. The molecule has 31 heavy (non-hydrogen) atoms. The third kappa shape index (κ3) is 5.63. The van der Waals surface area contributed by atoms with E-state index in [0.717, 1.165) is 16.7 Å². The SMILES string of the molecule is CC(=O)NCCc1cc2cc(F)cc(COc3ccc(CCOC=O)c(C)c3C)c2o1. The number of benzene rings is 2. The lowest BCUT2D eigenvalue weighted by atomic mass is 10.0. The topological polar surface area (TPSA) is 77.8 Å². The summed E-state index contributed by atoms with van der Waals surface area (Å²) in [6, 6.07) is 8.44. The van der Waals surface area contributed by atoms with Crippen LogP contribution in [0.4, 0.5) is 4.39 Å². The fourth-order valence-corrected chi connectivity index (χ4v) is 3.48. The van der Waals surface area contributed by atoms with Crippen molar-refractivity contribution in [3.05, 3.63) is 64.2 Å². The quantitative estimate of drug-likeness (QED) is 0.388. The van der Waals surface area contributed by atoms with Gasteiger partial charge in [-0.2, -0.15) is 0 Å². The van der Waals surface area contributed by atoms with E-state index < -0.39 is 0 Å². The van der Waals surface area contributed by atoms with Gasteiger partial charge in [0.1, 0.15) is 29.5 Å². The summed E-state index contributed by atoms with van der Waals surface area (Å²) >= 11 is 0. The zero-order valence-corrected chi connectivity index (χ0v) is 17.9. The Bertz CT molecular complexity index is 1090. The molecule has 0 aliphatic carbocycles. The highest BCUT2D eigenvalue weighted by Crippen LogP contribution is 2.29. The summed E-state index contributed by atoms with van der Waals surface area (Å²) in [5.74, 6) is 0.903. The van der Waals surface area contributed by atoms with Crippen molar-refractivity contribution in [3.63, 3.8) is 0 Å². The summed E-state index contributed by atoms with van der Waals surface area (Å²) in [5, 5.41) is 3.38. The molecule has 0 atom stereocenters. The summed E-state index contributed by atoms with van der Waals surface area (Å²) in [6.07, 6.45) is 1.15. The van der Waals surface area contributed by atoms with E-state index in [1.807, 2.05) is 26.0 Å². The van der Waals surface area contributed by atoms with E-state index in [1.54, 1.807) is 6.07 Å². The molecule has 0 aliphatic rings. The Hall–Kier alpha value is -3.35. The number of hydrogen-bond acceptors (Lipinski definition) is 5. The number of carbonyl (C=O) groups is 2. The van der Waals surface area contributed by atoms with Gasteiger partial charge in [-0.3, -0.25) is 9.59 Å². The summed E-state index contributed by atoms with van der Waals surface area (Å²) in [4.78, 5) is 21.4. The molecule has 0 saturated heterocycles. The van der Waals surface area contributed by atoms with Crippen molar-refractivity contribution in [2.45, 2.75) is 40.2 Å². The number of amides is 1. The lowest BCUT2D eigenvalue weighted by Gasteiger charge is -2.14. The first-order valence-electron chi connectivity index (χ1n) is 10.1. The van der Waals surface area contributed by atoms with Crippen molar-refractivity contribution >= 4 is 23.3 Å². The van der Waals surface area contributed by atoms with Gasteiger partial charge in [0.15, 0.2) is 0 Å². The van der Waals surface area contributed by atoms with Crippen molar-refractivity contribution < 1.29 is 27.9 Å². The fourth-order valence-electron chi connectivity index (χ4n) is 3.48. The minimum absolute atomic E-state index is 0.107. The van der Waals surface area contributed by atoms with Crippen LogP contribution < -0.4 is 10.1 Å². The highest BCUT2D eigenvalue weighted by atomic mass is 19.1. The summed E-state index contributed by atoms with van der Waals surface area (Å²) < 4.78 is 30.8. The molecule has 0 saturated carbocycles. The molecular formula is C24H26FNO5. The zero-order chi connectivity index (χ0) is 22.4. The van der Waals surface area contributed by atoms with E-state index in [0.29, 0.717) is 60.5 Å². The Morgan fingerprint density at radius 2 is 1.94 bits per heavy atom. The Balaban J connectivity index is 1.75. The van der Waals surface area contributed by atoms with Crippen LogP contribution in [-0.2, 0) is 33.8 Å². The Morgan fingerprint density at radius 1 is 1.13 bits per heavy atom. The van der Waals surface area contributed by atoms with Crippen LogP contribution in [0, 0.1) is 19.7 Å². The number of carbonyl (C=O) groups excluding carboxylic acids is 2. The molecule has 3 aromatic rings. The molecule has 1 amide bonds. The molecule has 7 heteroatoms. The van der Waals surface area contributed by atoms with Crippen LogP contribution in [-0.4, -0.2) is 25.5 Å². The molecule has 0 fully saturated rings. The first kappa shape index (κ1) is 22.3. The second-order valence-electron chi connectivity index (χ2n) is 7.41. The lowest BCUT2D eigenvalue weighted by molar-refractivity contribution is -0.128. The monoisotopic (exact) mass is 427 g/mol. The number of nitrogens with one attached hydrogen (secondary N) is 1. The lowest BCUT2D eigenvalue weighted by Crippen LogP contribution is -2.22. The van der Waals surface area contributed by atoms with Crippen molar-refractivity contribution in [2.24, 2.45) is 0 Å². The molecule has 0 spiro atoms. The molecule has 1 heterocycles. The van der Waals surface area contributed by atoms with Crippen LogP contribution in [0.3, 0.4) is 0 Å². The minimum Gasteiger partial charge on any atom is -0.488 e.